The minimum atomic E-state index is 0.466. The number of carbonyl (C=O) groups excluding carboxylic acids is 1. The van der Waals surface area contributed by atoms with Crippen LogP contribution in [0.25, 0.3) is 0 Å². The van der Waals surface area contributed by atoms with Crippen LogP contribution in [0.2, 0.25) is 0 Å². The molecule has 0 saturated heterocycles. The zero-order chi connectivity index (χ0) is 12.1. The van der Waals surface area contributed by atoms with Gasteiger partial charge in [-0.1, -0.05) is 19.9 Å². The third kappa shape index (κ3) is 2.75. The molecule has 0 saturated carbocycles. The van der Waals surface area contributed by atoms with E-state index in [2.05, 4.69) is 43.1 Å². The zero-order valence-corrected chi connectivity index (χ0v) is 10.4. The van der Waals surface area contributed by atoms with Gasteiger partial charge in [0.05, 0.1) is 11.4 Å². The van der Waals surface area contributed by atoms with Crippen molar-refractivity contribution in [2.45, 2.75) is 26.7 Å². The molecule has 0 fully saturated rings. The van der Waals surface area contributed by atoms with E-state index >= 15 is 0 Å². The summed E-state index contributed by atoms with van der Waals surface area (Å²) in [5.74, 6) is 0.466. The van der Waals surface area contributed by atoms with E-state index in [9.17, 15) is 4.79 Å². The maximum atomic E-state index is 10.6. The van der Waals surface area contributed by atoms with Gasteiger partial charge in [-0.2, -0.15) is 0 Å². The van der Waals surface area contributed by atoms with Crippen LogP contribution in [0.4, 0.5) is 11.4 Å². The van der Waals surface area contributed by atoms with Crippen LogP contribution < -0.4 is 10.2 Å². The molecule has 0 aliphatic rings. The largest absolute Gasteiger partial charge is 0.373 e. The Morgan fingerprint density at radius 1 is 1.44 bits per heavy atom. The maximum absolute atomic E-state index is 10.6. The van der Waals surface area contributed by atoms with Crippen LogP contribution in [0.5, 0.6) is 0 Å². The fraction of sp³-hybridized carbons (Fsp3) is 0.462. The van der Waals surface area contributed by atoms with E-state index in [1.54, 1.807) is 0 Å². The maximum Gasteiger partial charge on any atom is 0.211 e. The summed E-state index contributed by atoms with van der Waals surface area (Å²) in [7, 11) is 2.01. The van der Waals surface area contributed by atoms with Gasteiger partial charge in [-0.05, 0) is 30.5 Å². The van der Waals surface area contributed by atoms with Gasteiger partial charge in [-0.3, -0.25) is 4.79 Å². The Hall–Kier alpha value is -1.51. The number of hydrogen-bond acceptors (Lipinski definition) is 2. The second-order valence-corrected chi connectivity index (χ2v) is 4.21. The van der Waals surface area contributed by atoms with Crippen molar-refractivity contribution >= 4 is 17.8 Å². The van der Waals surface area contributed by atoms with Crippen LogP contribution >= 0.6 is 0 Å². The molecule has 0 aliphatic carbocycles. The summed E-state index contributed by atoms with van der Waals surface area (Å²) in [6.45, 7) is 7.28. The molecule has 0 atom stereocenters. The van der Waals surface area contributed by atoms with Crippen molar-refractivity contribution in [3.05, 3.63) is 23.8 Å². The van der Waals surface area contributed by atoms with Crippen molar-refractivity contribution in [1.29, 1.82) is 0 Å². The normalized spacial score (nSPS) is 10.3. The third-order valence-corrected chi connectivity index (χ3v) is 2.79. The van der Waals surface area contributed by atoms with Gasteiger partial charge in [-0.15, -0.1) is 0 Å². The van der Waals surface area contributed by atoms with Gasteiger partial charge in [0.2, 0.25) is 6.41 Å². The first-order valence-corrected chi connectivity index (χ1v) is 5.65. The van der Waals surface area contributed by atoms with E-state index in [4.69, 9.17) is 0 Å². The number of rotatable bonds is 5. The Bertz CT molecular complexity index is 361. The molecule has 0 unspecified atom stereocenters. The third-order valence-electron chi connectivity index (χ3n) is 2.79. The van der Waals surface area contributed by atoms with Crippen molar-refractivity contribution in [3.63, 3.8) is 0 Å². The highest BCUT2D eigenvalue weighted by Crippen LogP contribution is 2.28. The van der Waals surface area contributed by atoms with E-state index in [0.717, 1.165) is 24.3 Å². The monoisotopic (exact) mass is 220 g/mol. The number of amides is 1. The molecule has 0 bridgehead atoms. The predicted octanol–water partition coefficient (Wildman–Crippen LogP) is 2.83. The molecule has 0 heterocycles. The van der Waals surface area contributed by atoms with E-state index in [1.165, 1.54) is 5.56 Å². The first-order valence-electron chi connectivity index (χ1n) is 5.65. The van der Waals surface area contributed by atoms with E-state index in [-0.39, 0.29) is 0 Å². The number of anilines is 2. The van der Waals surface area contributed by atoms with Crippen LogP contribution in [0.15, 0.2) is 18.2 Å². The Labute approximate surface area is 97.5 Å². The fourth-order valence-corrected chi connectivity index (χ4v) is 1.60. The second kappa shape index (κ2) is 5.54. The standard InChI is InChI=1S/C13H20N2O/c1-5-15(4)13-7-6-11(10(2)3)8-12(13)14-9-16/h6-10H,5H2,1-4H3,(H,14,16). The Kier molecular flexibility index (Phi) is 4.35. The van der Waals surface area contributed by atoms with Crippen LogP contribution in [0.3, 0.4) is 0 Å². The van der Waals surface area contributed by atoms with Gasteiger partial charge in [0.1, 0.15) is 0 Å². The lowest BCUT2D eigenvalue weighted by atomic mass is 10.0. The Balaban J connectivity index is 3.13. The van der Waals surface area contributed by atoms with Crippen LogP contribution in [-0.4, -0.2) is 20.0 Å². The Morgan fingerprint density at radius 3 is 2.62 bits per heavy atom. The number of nitrogens with one attached hydrogen (secondary N) is 1. The molecule has 0 aromatic heterocycles. The molecule has 0 radical (unpaired) electrons. The van der Waals surface area contributed by atoms with Crippen LogP contribution in [0, 0.1) is 0 Å². The van der Waals surface area contributed by atoms with Crippen molar-refractivity contribution < 1.29 is 4.79 Å². The van der Waals surface area contributed by atoms with Gasteiger partial charge >= 0.3 is 0 Å². The lowest BCUT2D eigenvalue weighted by molar-refractivity contribution is -0.105. The Morgan fingerprint density at radius 2 is 2.12 bits per heavy atom. The zero-order valence-electron chi connectivity index (χ0n) is 10.4. The highest BCUT2D eigenvalue weighted by molar-refractivity contribution is 5.81. The first-order chi connectivity index (χ1) is 7.60. The average molecular weight is 220 g/mol. The molecule has 1 aromatic rings. The smallest absolute Gasteiger partial charge is 0.211 e. The number of nitrogens with zero attached hydrogens (tertiary/aromatic N) is 1. The summed E-state index contributed by atoms with van der Waals surface area (Å²) in [6.07, 6.45) is 0.729. The van der Waals surface area contributed by atoms with Gasteiger partial charge in [0.25, 0.3) is 0 Å². The van der Waals surface area contributed by atoms with E-state index < -0.39 is 0 Å². The summed E-state index contributed by atoms with van der Waals surface area (Å²) in [4.78, 5) is 12.7. The summed E-state index contributed by atoms with van der Waals surface area (Å²) < 4.78 is 0. The number of hydrogen-bond donors (Lipinski definition) is 1. The lowest BCUT2D eigenvalue weighted by Crippen LogP contribution is -2.17. The molecule has 3 nitrogen and oxygen atoms in total. The van der Waals surface area contributed by atoms with Gasteiger partial charge in [0, 0.05) is 13.6 Å². The van der Waals surface area contributed by atoms with Crippen molar-refractivity contribution in [3.8, 4) is 0 Å². The quantitative estimate of drug-likeness (QED) is 0.774. The minimum Gasteiger partial charge on any atom is -0.373 e. The molecule has 1 aromatic carbocycles. The molecule has 1 amide bonds. The lowest BCUT2D eigenvalue weighted by Gasteiger charge is -2.21. The summed E-state index contributed by atoms with van der Waals surface area (Å²) in [6, 6.07) is 6.22. The average Bonchev–Trinajstić information content (AvgIpc) is 2.28. The van der Waals surface area contributed by atoms with E-state index in [0.29, 0.717) is 5.92 Å². The summed E-state index contributed by atoms with van der Waals surface area (Å²) in [5.41, 5.74) is 3.17. The number of carbonyl (C=O) groups is 1. The van der Waals surface area contributed by atoms with Crippen molar-refractivity contribution in [2.24, 2.45) is 0 Å². The SMILES string of the molecule is CCN(C)c1ccc(C(C)C)cc1NC=O. The molecule has 1 rings (SSSR count). The molecule has 16 heavy (non-hydrogen) atoms. The second-order valence-electron chi connectivity index (χ2n) is 4.21. The van der Waals surface area contributed by atoms with Gasteiger partial charge in [0.15, 0.2) is 0 Å². The molecule has 0 spiro atoms. The van der Waals surface area contributed by atoms with Crippen molar-refractivity contribution in [1.82, 2.24) is 0 Å². The van der Waals surface area contributed by atoms with E-state index in [1.807, 2.05) is 13.1 Å². The fourth-order valence-electron chi connectivity index (χ4n) is 1.60. The van der Waals surface area contributed by atoms with Gasteiger partial charge in [-0.25, -0.2) is 0 Å². The molecule has 1 N–H and O–H groups in total. The van der Waals surface area contributed by atoms with Crippen LogP contribution in [-0.2, 0) is 4.79 Å². The first kappa shape index (κ1) is 12.6. The van der Waals surface area contributed by atoms with Gasteiger partial charge < -0.3 is 10.2 Å². The topological polar surface area (TPSA) is 32.3 Å². The van der Waals surface area contributed by atoms with Crippen molar-refractivity contribution in [2.75, 3.05) is 23.8 Å². The molecule has 88 valence electrons. The summed E-state index contributed by atoms with van der Waals surface area (Å²) >= 11 is 0. The molecule has 0 aliphatic heterocycles. The predicted molar refractivity (Wildman–Crippen MR) is 69.2 cm³/mol. The number of benzene rings is 1. The minimum absolute atomic E-state index is 0.466. The summed E-state index contributed by atoms with van der Waals surface area (Å²) in [5, 5.41) is 2.76. The molecular weight excluding hydrogens is 200 g/mol. The highest BCUT2D eigenvalue weighted by Gasteiger charge is 2.08. The highest BCUT2D eigenvalue weighted by atomic mass is 16.1. The molecular formula is C13H20N2O. The van der Waals surface area contributed by atoms with Crippen LogP contribution in [0.1, 0.15) is 32.3 Å². The molecule has 3 heteroatoms.